The van der Waals surface area contributed by atoms with Gasteiger partial charge in [0.15, 0.2) is 0 Å². The van der Waals surface area contributed by atoms with Crippen molar-refractivity contribution < 1.29 is 23.1 Å². The van der Waals surface area contributed by atoms with E-state index in [-0.39, 0.29) is 30.5 Å². The molecule has 0 aromatic rings. The molecule has 0 aromatic carbocycles. The Labute approximate surface area is 122 Å². The number of carboxylic acids is 1. The monoisotopic (exact) mass is 325 g/mol. The van der Waals surface area contributed by atoms with E-state index >= 15 is 0 Å². The van der Waals surface area contributed by atoms with Crippen molar-refractivity contribution in [3.8, 4) is 0 Å². The van der Waals surface area contributed by atoms with Gasteiger partial charge in [0, 0.05) is 40.3 Å². The Bertz CT molecular complexity index is 458. The molecule has 0 saturated carbocycles. The van der Waals surface area contributed by atoms with Gasteiger partial charge in [0.1, 0.15) is 0 Å². The molecular weight excluding hydrogens is 306 g/mol. The van der Waals surface area contributed by atoms with Crippen LogP contribution in [-0.2, 0) is 19.8 Å². The topological polar surface area (TPSA) is 98.2 Å². The Hall–Kier alpha value is -0.840. The van der Waals surface area contributed by atoms with E-state index in [0.717, 1.165) is 16.1 Å². The van der Waals surface area contributed by atoms with Gasteiger partial charge >= 0.3 is 5.97 Å². The molecule has 0 radical (unpaired) electrons. The number of amides is 1. The molecule has 1 amide bonds. The first-order chi connectivity index (χ1) is 9.25. The maximum Gasteiger partial charge on any atom is 0.313 e. The number of thioether (sulfide) groups is 1. The highest BCUT2D eigenvalue weighted by Crippen LogP contribution is 2.11. The summed E-state index contributed by atoms with van der Waals surface area (Å²) in [7, 11) is -0.496. The summed E-state index contributed by atoms with van der Waals surface area (Å²) in [5, 5.41) is 8.49. The van der Waals surface area contributed by atoms with Crippen LogP contribution in [-0.4, -0.2) is 90.7 Å². The molecular formula is C10H19N3O5S2. The fourth-order valence-electron chi connectivity index (χ4n) is 1.72. The van der Waals surface area contributed by atoms with Gasteiger partial charge in [-0.2, -0.15) is 17.0 Å². The molecule has 116 valence electrons. The van der Waals surface area contributed by atoms with Gasteiger partial charge in [-0.3, -0.25) is 9.59 Å². The average Bonchev–Trinajstić information content (AvgIpc) is 2.38. The van der Waals surface area contributed by atoms with Gasteiger partial charge in [-0.05, 0) is 0 Å². The molecule has 8 nitrogen and oxygen atoms in total. The molecule has 0 spiro atoms. The lowest BCUT2D eigenvalue weighted by Crippen LogP contribution is -2.53. The highest BCUT2D eigenvalue weighted by Gasteiger charge is 2.29. The fraction of sp³-hybridized carbons (Fsp3) is 0.800. The van der Waals surface area contributed by atoms with Crippen LogP contribution >= 0.6 is 11.8 Å². The summed E-state index contributed by atoms with van der Waals surface area (Å²) in [6, 6.07) is 0. The number of carbonyl (C=O) groups is 2. The molecule has 20 heavy (non-hydrogen) atoms. The predicted octanol–water partition coefficient (Wildman–Crippen LogP) is -1.25. The number of carboxylic acid groups (broad SMARTS) is 1. The van der Waals surface area contributed by atoms with Crippen LogP contribution in [0.3, 0.4) is 0 Å². The van der Waals surface area contributed by atoms with E-state index in [1.807, 2.05) is 0 Å². The van der Waals surface area contributed by atoms with E-state index in [4.69, 9.17) is 5.11 Å². The summed E-state index contributed by atoms with van der Waals surface area (Å²) in [5.74, 6) is -1.11. The number of hydrogen-bond acceptors (Lipinski definition) is 5. The van der Waals surface area contributed by atoms with Crippen molar-refractivity contribution in [2.24, 2.45) is 0 Å². The maximum absolute atomic E-state index is 11.9. The summed E-state index contributed by atoms with van der Waals surface area (Å²) in [4.78, 5) is 23.7. The normalized spacial score (nSPS) is 17.4. The molecule has 0 bridgehead atoms. The number of nitrogens with zero attached hydrogens (tertiary/aromatic N) is 3. The largest absolute Gasteiger partial charge is 0.481 e. The highest BCUT2D eigenvalue weighted by atomic mass is 32.2. The van der Waals surface area contributed by atoms with Crippen LogP contribution in [0.15, 0.2) is 0 Å². The smallest absolute Gasteiger partial charge is 0.313 e. The number of hydrogen-bond donors (Lipinski definition) is 1. The Morgan fingerprint density at radius 3 is 2.15 bits per heavy atom. The molecule has 1 heterocycles. The lowest BCUT2D eigenvalue weighted by Gasteiger charge is -2.35. The van der Waals surface area contributed by atoms with Crippen molar-refractivity contribution in [1.29, 1.82) is 0 Å². The number of rotatable bonds is 6. The van der Waals surface area contributed by atoms with E-state index in [9.17, 15) is 18.0 Å². The van der Waals surface area contributed by atoms with Crippen molar-refractivity contribution >= 4 is 33.8 Å². The van der Waals surface area contributed by atoms with Crippen LogP contribution in [0.2, 0.25) is 0 Å². The predicted molar refractivity (Wildman–Crippen MR) is 75.7 cm³/mol. The maximum atomic E-state index is 11.9. The second-order valence-electron chi connectivity index (χ2n) is 4.46. The number of aliphatic carboxylic acids is 1. The number of carbonyl (C=O) groups excluding carboxylic acids is 1. The molecule has 10 heteroatoms. The van der Waals surface area contributed by atoms with E-state index in [1.54, 1.807) is 4.90 Å². The van der Waals surface area contributed by atoms with Crippen LogP contribution in [0.25, 0.3) is 0 Å². The summed E-state index contributed by atoms with van der Waals surface area (Å²) >= 11 is 1.04. The molecule has 1 rings (SSSR count). The van der Waals surface area contributed by atoms with Gasteiger partial charge in [-0.15, -0.1) is 11.8 Å². The lowest BCUT2D eigenvalue weighted by atomic mass is 10.3. The van der Waals surface area contributed by atoms with E-state index in [1.165, 1.54) is 18.4 Å². The standard InChI is InChI=1S/C10H19N3O5S2/c1-11(2)20(17,18)13-5-3-12(4-6-13)9(14)7-19-8-10(15)16/h3-8H2,1-2H3,(H,15,16). The first-order valence-corrected chi connectivity index (χ1v) is 8.55. The quantitative estimate of drug-likeness (QED) is 0.655. The highest BCUT2D eigenvalue weighted by molar-refractivity contribution is 8.00. The van der Waals surface area contributed by atoms with Crippen LogP contribution in [0, 0.1) is 0 Å². The second kappa shape index (κ2) is 7.25. The summed E-state index contributed by atoms with van der Waals surface area (Å²) in [5.41, 5.74) is 0. The molecule has 1 saturated heterocycles. The molecule has 0 unspecified atom stereocenters. The minimum atomic E-state index is -3.43. The van der Waals surface area contributed by atoms with Crippen LogP contribution in [0.4, 0.5) is 0 Å². The van der Waals surface area contributed by atoms with Gasteiger partial charge in [-0.25, -0.2) is 0 Å². The zero-order chi connectivity index (χ0) is 15.3. The molecule has 0 aromatic heterocycles. The molecule has 1 aliphatic rings. The van der Waals surface area contributed by atoms with Crippen molar-refractivity contribution in [3.63, 3.8) is 0 Å². The zero-order valence-corrected chi connectivity index (χ0v) is 13.1. The van der Waals surface area contributed by atoms with Gasteiger partial charge in [0.2, 0.25) is 5.91 Å². The molecule has 0 atom stereocenters. The Kier molecular flexibility index (Phi) is 6.24. The van der Waals surface area contributed by atoms with Crippen LogP contribution in [0.5, 0.6) is 0 Å². The molecule has 1 N–H and O–H groups in total. The lowest BCUT2D eigenvalue weighted by molar-refractivity contribution is -0.133. The summed E-state index contributed by atoms with van der Waals surface area (Å²) < 4.78 is 26.3. The minimum absolute atomic E-state index is 0.104. The molecule has 1 aliphatic heterocycles. The number of piperazine rings is 1. The fourth-order valence-corrected chi connectivity index (χ4v) is 3.44. The third-order valence-corrected chi connectivity index (χ3v) is 5.67. The molecule has 0 aliphatic carbocycles. The van der Waals surface area contributed by atoms with Gasteiger partial charge in [-0.1, -0.05) is 0 Å². The van der Waals surface area contributed by atoms with Crippen molar-refractivity contribution in [3.05, 3.63) is 0 Å². The van der Waals surface area contributed by atoms with Crippen molar-refractivity contribution in [2.45, 2.75) is 0 Å². The Balaban J connectivity index is 2.42. The van der Waals surface area contributed by atoms with Gasteiger partial charge < -0.3 is 10.0 Å². The van der Waals surface area contributed by atoms with Gasteiger partial charge in [0.25, 0.3) is 10.2 Å². The van der Waals surface area contributed by atoms with Crippen LogP contribution < -0.4 is 0 Å². The Morgan fingerprint density at radius 2 is 1.70 bits per heavy atom. The first kappa shape index (κ1) is 17.2. The molecule has 1 fully saturated rings. The van der Waals surface area contributed by atoms with E-state index < -0.39 is 16.2 Å². The van der Waals surface area contributed by atoms with Crippen molar-refractivity contribution in [1.82, 2.24) is 13.5 Å². The Morgan fingerprint density at radius 1 is 1.15 bits per heavy atom. The summed E-state index contributed by atoms with van der Waals surface area (Å²) in [6.07, 6.45) is 0. The van der Waals surface area contributed by atoms with E-state index in [0.29, 0.717) is 13.1 Å². The van der Waals surface area contributed by atoms with Crippen LogP contribution in [0.1, 0.15) is 0 Å². The van der Waals surface area contributed by atoms with E-state index in [2.05, 4.69) is 0 Å². The minimum Gasteiger partial charge on any atom is -0.481 e. The SMILES string of the molecule is CN(C)S(=O)(=O)N1CCN(C(=O)CSCC(=O)O)CC1. The van der Waals surface area contributed by atoms with Crippen molar-refractivity contribution in [2.75, 3.05) is 51.8 Å². The second-order valence-corrected chi connectivity index (χ2v) is 7.58. The average molecular weight is 325 g/mol. The third kappa shape index (κ3) is 4.62. The van der Waals surface area contributed by atoms with Gasteiger partial charge in [0.05, 0.1) is 11.5 Å². The third-order valence-electron chi connectivity index (χ3n) is 2.83. The zero-order valence-electron chi connectivity index (χ0n) is 11.5. The summed E-state index contributed by atoms with van der Waals surface area (Å²) in [6.45, 7) is 1.19. The first-order valence-electron chi connectivity index (χ1n) is 6.00.